The number of benzene rings is 1. The van der Waals surface area contributed by atoms with E-state index in [2.05, 4.69) is 20.9 Å². The maximum absolute atomic E-state index is 13.0. The topological polar surface area (TPSA) is 48.1 Å². The molecule has 1 heterocycles. The molecule has 0 saturated carbocycles. The minimum atomic E-state index is -0.309. The molecule has 17 heavy (non-hydrogen) atoms. The normalized spacial score (nSPS) is 10.5. The summed E-state index contributed by atoms with van der Waals surface area (Å²) < 4.78 is 18.9. The van der Waals surface area contributed by atoms with Crippen LogP contribution in [0.1, 0.15) is 10.7 Å². The van der Waals surface area contributed by atoms with Crippen molar-refractivity contribution in [3.05, 3.63) is 44.6 Å². The fraction of sp³-hybridized carbons (Fsp3) is 0.182. The third-order valence-electron chi connectivity index (χ3n) is 2.05. The molecule has 0 aliphatic heterocycles. The molecule has 0 atom stereocenters. The van der Waals surface area contributed by atoms with Gasteiger partial charge >= 0.3 is 0 Å². The fourth-order valence-corrected chi connectivity index (χ4v) is 2.25. The second-order valence-electron chi connectivity index (χ2n) is 3.30. The summed E-state index contributed by atoms with van der Waals surface area (Å²) in [5.41, 5.74) is 6.30. The molecular weight excluding hydrogens is 307 g/mol. The fourth-order valence-electron chi connectivity index (χ4n) is 1.23. The van der Waals surface area contributed by atoms with Gasteiger partial charge in [-0.15, -0.1) is 11.3 Å². The molecule has 3 nitrogen and oxygen atoms in total. The Balaban J connectivity index is 1.99. The first-order valence-corrected chi connectivity index (χ1v) is 6.57. The van der Waals surface area contributed by atoms with Crippen LogP contribution < -0.4 is 10.5 Å². The van der Waals surface area contributed by atoms with Gasteiger partial charge < -0.3 is 10.5 Å². The van der Waals surface area contributed by atoms with Gasteiger partial charge in [0, 0.05) is 11.9 Å². The molecule has 1 aromatic carbocycles. The van der Waals surface area contributed by atoms with Gasteiger partial charge in [-0.05, 0) is 34.1 Å². The van der Waals surface area contributed by atoms with Gasteiger partial charge in [-0.3, -0.25) is 0 Å². The lowest BCUT2D eigenvalue weighted by molar-refractivity contribution is 0.301. The van der Waals surface area contributed by atoms with Crippen LogP contribution in [0.15, 0.2) is 28.1 Å². The summed E-state index contributed by atoms with van der Waals surface area (Å²) >= 11 is 4.61. The Bertz CT molecular complexity index is 518. The second-order valence-corrected chi connectivity index (χ2v) is 5.10. The highest BCUT2D eigenvalue weighted by Gasteiger charge is 2.04. The number of hydrogen-bond acceptors (Lipinski definition) is 4. The van der Waals surface area contributed by atoms with Crippen LogP contribution >= 0.6 is 27.3 Å². The van der Waals surface area contributed by atoms with Crippen LogP contribution in [0.5, 0.6) is 5.75 Å². The molecule has 0 unspecified atom stereocenters. The van der Waals surface area contributed by atoms with E-state index in [9.17, 15) is 4.39 Å². The van der Waals surface area contributed by atoms with Crippen molar-refractivity contribution in [2.24, 2.45) is 5.73 Å². The zero-order valence-corrected chi connectivity index (χ0v) is 11.2. The van der Waals surface area contributed by atoms with E-state index in [1.54, 1.807) is 12.1 Å². The van der Waals surface area contributed by atoms with Crippen LogP contribution in [0.25, 0.3) is 0 Å². The van der Waals surface area contributed by atoms with Crippen LogP contribution in [0.3, 0.4) is 0 Å². The monoisotopic (exact) mass is 316 g/mol. The van der Waals surface area contributed by atoms with Crippen LogP contribution in [0.4, 0.5) is 4.39 Å². The molecule has 0 fully saturated rings. The van der Waals surface area contributed by atoms with E-state index in [-0.39, 0.29) is 5.82 Å². The van der Waals surface area contributed by atoms with Gasteiger partial charge in [0.1, 0.15) is 23.2 Å². The molecule has 90 valence electrons. The first-order valence-electron chi connectivity index (χ1n) is 4.90. The molecular formula is C11H10BrFN2OS. The summed E-state index contributed by atoms with van der Waals surface area (Å²) in [5.74, 6) is 0.289. The van der Waals surface area contributed by atoms with E-state index < -0.39 is 0 Å². The Hall–Kier alpha value is -0.980. The van der Waals surface area contributed by atoms with E-state index in [0.717, 1.165) is 10.7 Å². The van der Waals surface area contributed by atoms with Gasteiger partial charge in [0.05, 0.1) is 10.2 Å². The van der Waals surface area contributed by atoms with Crippen molar-refractivity contribution in [2.75, 3.05) is 0 Å². The standard InChI is InChI=1S/C11H10BrFN2OS/c12-9-3-8(1-2-10(9)13)16-5-7-6-17-11(4-14)15-7/h1-3,6H,4-5,14H2. The Morgan fingerprint density at radius 1 is 1.47 bits per heavy atom. The van der Waals surface area contributed by atoms with Gasteiger partial charge in [-0.2, -0.15) is 0 Å². The minimum absolute atomic E-state index is 0.309. The van der Waals surface area contributed by atoms with Crippen molar-refractivity contribution in [3.63, 3.8) is 0 Å². The zero-order chi connectivity index (χ0) is 12.3. The van der Waals surface area contributed by atoms with Crippen molar-refractivity contribution >= 4 is 27.3 Å². The number of nitrogens with zero attached hydrogens (tertiary/aromatic N) is 1. The quantitative estimate of drug-likeness (QED) is 0.943. The number of rotatable bonds is 4. The number of aromatic nitrogens is 1. The van der Waals surface area contributed by atoms with Crippen LogP contribution in [-0.4, -0.2) is 4.98 Å². The number of halogens is 2. The summed E-state index contributed by atoms with van der Waals surface area (Å²) in [6.07, 6.45) is 0. The van der Waals surface area contributed by atoms with Crippen LogP contribution in [0, 0.1) is 5.82 Å². The van der Waals surface area contributed by atoms with E-state index in [0.29, 0.717) is 23.4 Å². The molecule has 2 aromatic rings. The first kappa shape index (κ1) is 12.5. The van der Waals surface area contributed by atoms with Gasteiger partial charge in [-0.1, -0.05) is 0 Å². The Morgan fingerprint density at radius 2 is 2.29 bits per heavy atom. The lowest BCUT2D eigenvalue weighted by Crippen LogP contribution is -1.99. The predicted molar refractivity (Wildman–Crippen MR) is 68.4 cm³/mol. The number of ether oxygens (including phenoxy) is 1. The molecule has 0 amide bonds. The predicted octanol–water partition coefficient (Wildman–Crippen LogP) is 3.08. The van der Waals surface area contributed by atoms with E-state index in [1.165, 1.54) is 17.4 Å². The van der Waals surface area contributed by atoms with E-state index in [4.69, 9.17) is 10.5 Å². The highest BCUT2D eigenvalue weighted by atomic mass is 79.9. The third kappa shape index (κ3) is 3.24. The van der Waals surface area contributed by atoms with Crippen LogP contribution in [0.2, 0.25) is 0 Å². The molecule has 0 spiro atoms. The average Bonchev–Trinajstić information content (AvgIpc) is 2.79. The summed E-state index contributed by atoms with van der Waals surface area (Å²) in [7, 11) is 0. The number of hydrogen-bond donors (Lipinski definition) is 1. The molecule has 0 radical (unpaired) electrons. The molecule has 0 aliphatic rings. The summed E-state index contributed by atoms with van der Waals surface area (Å²) in [4.78, 5) is 4.27. The SMILES string of the molecule is NCc1nc(COc2ccc(F)c(Br)c2)cs1. The highest BCUT2D eigenvalue weighted by Crippen LogP contribution is 2.22. The lowest BCUT2D eigenvalue weighted by atomic mass is 10.3. The molecule has 0 bridgehead atoms. The molecule has 2 rings (SSSR count). The summed E-state index contributed by atoms with van der Waals surface area (Å²) in [6, 6.07) is 4.52. The van der Waals surface area contributed by atoms with Gasteiger partial charge in [0.2, 0.25) is 0 Å². The third-order valence-corrected chi connectivity index (χ3v) is 3.58. The maximum atomic E-state index is 13.0. The van der Waals surface area contributed by atoms with Gasteiger partial charge in [0.25, 0.3) is 0 Å². The van der Waals surface area contributed by atoms with E-state index in [1.807, 2.05) is 5.38 Å². The van der Waals surface area contributed by atoms with E-state index >= 15 is 0 Å². The molecule has 6 heteroatoms. The smallest absolute Gasteiger partial charge is 0.137 e. The summed E-state index contributed by atoms with van der Waals surface area (Å²) in [5, 5.41) is 2.78. The molecule has 0 saturated heterocycles. The van der Waals surface area contributed by atoms with Gasteiger partial charge in [-0.25, -0.2) is 9.37 Å². The first-order chi connectivity index (χ1) is 8.19. The Morgan fingerprint density at radius 3 is 2.94 bits per heavy atom. The van der Waals surface area contributed by atoms with Crippen LogP contribution in [-0.2, 0) is 13.2 Å². The maximum Gasteiger partial charge on any atom is 0.137 e. The molecule has 2 N–H and O–H groups in total. The van der Waals surface area contributed by atoms with Crippen molar-refractivity contribution in [1.29, 1.82) is 0 Å². The Kier molecular flexibility index (Phi) is 4.09. The molecule has 0 aliphatic carbocycles. The minimum Gasteiger partial charge on any atom is -0.487 e. The number of nitrogens with two attached hydrogens (primary N) is 1. The van der Waals surface area contributed by atoms with Gasteiger partial charge in [0.15, 0.2) is 0 Å². The Labute approximate surface area is 111 Å². The molecule has 1 aromatic heterocycles. The van der Waals surface area contributed by atoms with Crippen molar-refractivity contribution in [2.45, 2.75) is 13.2 Å². The second kappa shape index (κ2) is 5.57. The zero-order valence-electron chi connectivity index (χ0n) is 8.82. The van der Waals surface area contributed by atoms with Crippen molar-refractivity contribution in [1.82, 2.24) is 4.98 Å². The average molecular weight is 317 g/mol. The lowest BCUT2D eigenvalue weighted by Gasteiger charge is -2.04. The number of thiazole rings is 1. The largest absolute Gasteiger partial charge is 0.487 e. The van der Waals surface area contributed by atoms with Crippen molar-refractivity contribution < 1.29 is 9.13 Å². The van der Waals surface area contributed by atoms with Crippen molar-refractivity contribution in [3.8, 4) is 5.75 Å². The summed E-state index contributed by atoms with van der Waals surface area (Å²) in [6.45, 7) is 0.793. The highest BCUT2D eigenvalue weighted by molar-refractivity contribution is 9.10.